The SMILES string of the molecule is CC(C)(C)[C@@H](C(=O)O)N1CC(CS)CC1=O. The molecule has 1 fully saturated rings. The Morgan fingerprint density at radius 3 is 2.50 bits per heavy atom. The molecule has 1 aliphatic heterocycles. The fourth-order valence-electron chi connectivity index (χ4n) is 2.15. The number of amides is 1. The van der Waals surface area contributed by atoms with Gasteiger partial charge in [-0.3, -0.25) is 4.79 Å². The van der Waals surface area contributed by atoms with Gasteiger partial charge >= 0.3 is 5.97 Å². The number of hydrogen-bond acceptors (Lipinski definition) is 3. The number of rotatable bonds is 3. The number of carbonyl (C=O) groups is 2. The molecule has 0 bridgehead atoms. The molecular formula is C11H19NO3S. The summed E-state index contributed by atoms with van der Waals surface area (Å²) in [5.74, 6) is -0.194. The molecule has 1 unspecified atom stereocenters. The highest BCUT2D eigenvalue weighted by Gasteiger charge is 2.43. The summed E-state index contributed by atoms with van der Waals surface area (Å²) in [6.45, 7) is 6.03. The molecule has 0 aromatic heterocycles. The van der Waals surface area contributed by atoms with Crippen molar-refractivity contribution < 1.29 is 14.7 Å². The molecule has 0 spiro atoms. The van der Waals surface area contributed by atoms with Gasteiger partial charge in [0.05, 0.1) is 0 Å². The van der Waals surface area contributed by atoms with Gasteiger partial charge in [0.1, 0.15) is 6.04 Å². The van der Waals surface area contributed by atoms with Gasteiger partial charge in [-0.15, -0.1) is 0 Å². The van der Waals surface area contributed by atoms with Crippen LogP contribution in [0, 0.1) is 11.3 Å². The molecule has 16 heavy (non-hydrogen) atoms. The minimum Gasteiger partial charge on any atom is -0.480 e. The average Bonchev–Trinajstić information content (AvgIpc) is 2.44. The van der Waals surface area contributed by atoms with Crippen molar-refractivity contribution in [3.8, 4) is 0 Å². The maximum Gasteiger partial charge on any atom is 0.326 e. The molecule has 0 aromatic rings. The van der Waals surface area contributed by atoms with Crippen LogP contribution in [0.3, 0.4) is 0 Å². The minimum absolute atomic E-state index is 0.0682. The number of carboxylic acid groups (broad SMARTS) is 1. The number of aliphatic carboxylic acids is 1. The molecule has 1 N–H and O–H groups in total. The first-order valence-corrected chi connectivity index (χ1v) is 6.03. The second-order valence-corrected chi connectivity index (χ2v) is 5.77. The van der Waals surface area contributed by atoms with Crippen LogP contribution < -0.4 is 0 Å². The van der Waals surface area contributed by atoms with Crippen LogP contribution in [0.1, 0.15) is 27.2 Å². The van der Waals surface area contributed by atoms with E-state index in [4.69, 9.17) is 0 Å². The van der Waals surface area contributed by atoms with E-state index >= 15 is 0 Å². The Morgan fingerprint density at radius 1 is 1.62 bits per heavy atom. The Bertz CT molecular complexity index is 298. The van der Waals surface area contributed by atoms with E-state index in [9.17, 15) is 14.7 Å². The maximum absolute atomic E-state index is 11.8. The van der Waals surface area contributed by atoms with Crippen molar-refractivity contribution in [3.63, 3.8) is 0 Å². The van der Waals surface area contributed by atoms with E-state index in [1.165, 1.54) is 4.90 Å². The van der Waals surface area contributed by atoms with Gasteiger partial charge in [-0.1, -0.05) is 20.8 Å². The molecular weight excluding hydrogens is 226 g/mol. The van der Waals surface area contributed by atoms with Crippen molar-refractivity contribution >= 4 is 24.5 Å². The van der Waals surface area contributed by atoms with Crippen molar-refractivity contribution in [3.05, 3.63) is 0 Å². The Labute approximate surface area is 101 Å². The lowest BCUT2D eigenvalue weighted by atomic mass is 9.85. The first-order chi connectivity index (χ1) is 7.27. The van der Waals surface area contributed by atoms with Gasteiger partial charge in [0.15, 0.2) is 0 Å². The van der Waals surface area contributed by atoms with Gasteiger partial charge in [0, 0.05) is 13.0 Å². The van der Waals surface area contributed by atoms with Gasteiger partial charge in [-0.05, 0) is 17.1 Å². The van der Waals surface area contributed by atoms with Crippen molar-refractivity contribution in [1.82, 2.24) is 4.90 Å². The van der Waals surface area contributed by atoms with Crippen LogP contribution in [0.2, 0.25) is 0 Å². The molecule has 1 rings (SSSR count). The van der Waals surface area contributed by atoms with Gasteiger partial charge in [0.25, 0.3) is 0 Å². The number of hydrogen-bond donors (Lipinski definition) is 2. The Hall–Kier alpha value is -0.710. The number of likely N-dealkylation sites (tertiary alicyclic amines) is 1. The standard InChI is InChI=1S/C11H19NO3S/c1-11(2,3)9(10(14)15)12-5-7(6-16)4-8(12)13/h7,9,16H,4-6H2,1-3H3,(H,14,15)/t7?,9-/m1/s1. The number of carbonyl (C=O) groups excluding carboxylic acids is 1. The Kier molecular flexibility index (Phi) is 3.88. The van der Waals surface area contributed by atoms with Crippen LogP contribution in [-0.4, -0.2) is 40.2 Å². The van der Waals surface area contributed by atoms with Gasteiger partial charge in [0.2, 0.25) is 5.91 Å². The van der Waals surface area contributed by atoms with Crippen LogP contribution in [0.4, 0.5) is 0 Å². The lowest BCUT2D eigenvalue weighted by molar-refractivity contribution is -0.153. The summed E-state index contributed by atoms with van der Waals surface area (Å²) in [5.41, 5.74) is -0.451. The fourth-order valence-corrected chi connectivity index (χ4v) is 2.40. The molecule has 0 radical (unpaired) electrons. The summed E-state index contributed by atoms with van der Waals surface area (Å²) in [4.78, 5) is 24.5. The molecule has 0 aromatic carbocycles. The molecule has 92 valence electrons. The van der Waals surface area contributed by atoms with Crippen LogP contribution in [0.25, 0.3) is 0 Å². The zero-order valence-electron chi connectivity index (χ0n) is 9.93. The second kappa shape index (κ2) is 4.65. The summed E-state index contributed by atoms with van der Waals surface area (Å²) in [6, 6.07) is -0.745. The Balaban J connectivity index is 2.89. The van der Waals surface area contributed by atoms with Crippen molar-refractivity contribution in [1.29, 1.82) is 0 Å². The third-order valence-electron chi connectivity index (χ3n) is 2.86. The highest BCUT2D eigenvalue weighted by molar-refractivity contribution is 7.80. The summed E-state index contributed by atoms with van der Waals surface area (Å²) < 4.78 is 0. The molecule has 2 atom stereocenters. The number of thiol groups is 1. The molecule has 1 amide bonds. The summed E-state index contributed by atoms with van der Waals surface area (Å²) in [7, 11) is 0. The lowest BCUT2D eigenvalue weighted by Gasteiger charge is -2.34. The van der Waals surface area contributed by atoms with E-state index in [0.29, 0.717) is 18.7 Å². The first kappa shape index (κ1) is 13.4. The zero-order chi connectivity index (χ0) is 12.5. The molecule has 0 saturated carbocycles. The normalized spacial score (nSPS) is 23.6. The molecule has 4 nitrogen and oxygen atoms in total. The van der Waals surface area contributed by atoms with E-state index in [-0.39, 0.29) is 11.8 Å². The van der Waals surface area contributed by atoms with Gasteiger partial charge < -0.3 is 10.0 Å². The molecule has 5 heteroatoms. The zero-order valence-corrected chi connectivity index (χ0v) is 10.8. The van der Waals surface area contributed by atoms with E-state index < -0.39 is 17.4 Å². The van der Waals surface area contributed by atoms with Gasteiger partial charge in [-0.25, -0.2) is 4.79 Å². The third-order valence-corrected chi connectivity index (χ3v) is 3.38. The predicted molar refractivity (Wildman–Crippen MR) is 64.6 cm³/mol. The summed E-state index contributed by atoms with van der Waals surface area (Å²) >= 11 is 4.16. The number of carboxylic acids is 1. The third kappa shape index (κ3) is 2.70. The highest BCUT2D eigenvalue weighted by atomic mass is 32.1. The summed E-state index contributed by atoms with van der Waals surface area (Å²) in [6.07, 6.45) is 0.420. The number of nitrogens with zero attached hydrogens (tertiary/aromatic N) is 1. The summed E-state index contributed by atoms with van der Waals surface area (Å²) in [5, 5.41) is 9.23. The second-order valence-electron chi connectivity index (χ2n) is 5.41. The van der Waals surface area contributed by atoms with Crippen LogP contribution in [0.5, 0.6) is 0 Å². The van der Waals surface area contributed by atoms with E-state index in [1.54, 1.807) is 0 Å². The fraction of sp³-hybridized carbons (Fsp3) is 0.818. The Morgan fingerprint density at radius 2 is 2.19 bits per heavy atom. The maximum atomic E-state index is 11.8. The first-order valence-electron chi connectivity index (χ1n) is 5.40. The smallest absolute Gasteiger partial charge is 0.326 e. The molecule has 1 heterocycles. The predicted octanol–water partition coefficient (Wildman–Crippen LogP) is 1.26. The molecule has 1 aliphatic rings. The van der Waals surface area contributed by atoms with Crippen molar-refractivity contribution in [2.45, 2.75) is 33.2 Å². The van der Waals surface area contributed by atoms with E-state index in [2.05, 4.69) is 12.6 Å². The molecule has 1 saturated heterocycles. The van der Waals surface area contributed by atoms with Gasteiger partial charge in [-0.2, -0.15) is 12.6 Å². The lowest BCUT2D eigenvalue weighted by Crippen LogP contribution is -2.50. The van der Waals surface area contributed by atoms with Crippen LogP contribution in [0.15, 0.2) is 0 Å². The van der Waals surface area contributed by atoms with Crippen molar-refractivity contribution in [2.24, 2.45) is 11.3 Å². The minimum atomic E-state index is -0.930. The largest absolute Gasteiger partial charge is 0.480 e. The average molecular weight is 245 g/mol. The topological polar surface area (TPSA) is 57.6 Å². The molecule has 0 aliphatic carbocycles. The van der Waals surface area contributed by atoms with E-state index in [0.717, 1.165) is 0 Å². The monoisotopic (exact) mass is 245 g/mol. The van der Waals surface area contributed by atoms with Crippen LogP contribution in [-0.2, 0) is 9.59 Å². The quantitative estimate of drug-likeness (QED) is 0.736. The van der Waals surface area contributed by atoms with Crippen LogP contribution >= 0.6 is 12.6 Å². The highest BCUT2D eigenvalue weighted by Crippen LogP contribution is 2.30. The van der Waals surface area contributed by atoms with Crippen molar-refractivity contribution in [2.75, 3.05) is 12.3 Å². The van der Waals surface area contributed by atoms with E-state index in [1.807, 2.05) is 20.8 Å².